The van der Waals surface area contributed by atoms with Gasteiger partial charge in [-0.25, -0.2) is 12.8 Å². The molecule has 1 amide bonds. The number of nitro groups is 1. The van der Waals surface area contributed by atoms with E-state index in [0.29, 0.717) is 11.3 Å². The van der Waals surface area contributed by atoms with Crippen LogP contribution in [0.4, 0.5) is 21.5 Å². The predicted octanol–water partition coefficient (Wildman–Crippen LogP) is 4.19. The maximum absolute atomic E-state index is 13.7. The molecular formula is C21H16FN3O5S. The average molecular weight is 441 g/mol. The molecular weight excluding hydrogens is 425 g/mol. The van der Waals surface area contributed by atoms with E-state index in [-0.39, 0.29) is 16.3 Å². The molecule has 0 aliphatic rings. The summed E-state index contributed by atoms with van der Waals surface area (Å²) < 4.78 is 40.6. The first-order valence-electron chi connectivity index (χ1n) is 8.85. The Morgan fingerprint density at radius 2 is 1.71 bits per heavy atom. The van der Waals surface area contributed by atoms with Crippen molar-refractivity contribution < 1.29 is 22.5 Å². The molecule has 0 saturated carbocycles. The Balaban J connectivity index is 1.66. The first kappa shape index (κ1) is 21.7. The number of nitro benzene ring substituents is 1. The number of nitrogens with one attached hydrogen (secondary N) is 2. The number of rotatable bonds is 7. The molecule has 8 nitrogen and oxygen atoms in total. The molecule has 0 radical (unpaired) electrons. The van der Waals surface area contributed by atoms with E-state index in [1.165, 1.54) is 72.8 Å². The number of benzene rings is 3. The number of hydrogen-bond donors (Lipinski definition) is 2. The molecule has 10 heteroatoms. The fraction of sp³-hybridized carbons (Fsp3) is 0. The van der Waals surface area contributed by atoms with Gasteiger partial charge in [0.05, 0.1) is 15.5 Å². The minimum Gasteiger partial charge on any atom is -0.323 e. The summed E-state index contributed by atoms with van der Waals surface area (Å²) in [7, 11) is -4.01. The third-order valence-corrected chi connectivity index (χ3v) is 5.44. The van der Waals surface area contributed by atoms with Crippen LogP contribution >= 0.6 is 0 Å². The SMILES string of the molecule is O=C(/C=C/c1cccc([N+](=O)[O-])c1)Nc1ccc(S(=O)(=O)Nc2ccccc2F)cc1. The Hall–Kier alpha value is -4.05. The summed E-state index contributed by atoms with van der Waals surface area (Å²) in [4.78, 5) is 22.2. The standard InChI is InChI=1S/C21H16FN3O5S/c22-19-6-1-2-7-20(19)24-31(29,30)18-11-9-16(10-12-18)23-21(26)13-8-15-4-3-5-17(14-15)25(27)28/h1-14,24H,(H,23,26)/b13-8+. The van der Waals surface area contributed by atoms with Crippen molar-refractivity contribution in [2.75, 3.05) is 10.0 Å². The van der Waals surface area contributed by atoms with E-state index in [4.69, 9.17) is 0 Å². The second-order valence-electron chi connectivity index (χ2n) is 6.28. The van der Waals surface area contributed by atoms with Crippen LogP contribution in [0.15, 0.2) is 83.8 Å². The van der Waals surface area contributed by atoms with Crippen LogP contribution in [0.5, 0.6) is 0 Å². The van der Waals surface area contributed by atoms with E-state index in [2.05, 4.69) is 10.0 Å². The predicted molar refractivity (Wildman–Crippen MR) is 114 cm³/mol. The molecule has 3 rings (SSSR count). The third kappa shape index (κ3) is 5.73. The van der Waals surface area contributed by atoms with Gasteiger partial charge < -0.3 is 5.32 Å². The zero-order chi connectivity index (χ0) is 22.4. The van der Waals surface area contributed by atoms with Gasteiger partial charge in [0.15, 0.2) is 0 Å². The maximum atomic E-state index is 13.7. The second kappa shape index (κ2) is 9.18. The van der Waals surface area contributed by atoms with Gasteiger partial charge in [0.1, 0.15) is 5.82 Å². The molecule has 0 aliphatic heterocycles. The fourth-order valence-corrected chi connectivity index (χ4v) is 3.63. The van der Waals surface area contributed by atoms with Crippen molar-refractivity contribution in [3.05, 3.63) is 100 Å². The highest BCUT2D eigenvalue weighted by Gasteiger charge is 2.16. The molecule has 0 aromatic heterocycles. The topological polar surface area (TPSA) is 118 Å². The van der Waals surface area contributed by atoms with Crippen molar-refractivity contribution in [3.8, 4) is 0 Å². The lowest BCUT2D eigenvalue weighted by Crippen LogP contribution is -2.14. The number of halogens is 1. The zero-order valence-corrected chi connectivity index (χ0v) is 16.7. The van der Waals surface area contributed by atoms with Crippen molar-refractivity contribution in [1.29, 1.82) is 0 Å². The molecule has 0 saturated heterocycles. The van der Waals surface area contributed by atoms with Crippen LogP contribution in [0.3, 0.4) is 0 Å². The normalized spacial score (nSPS) is 11.3. The van der Waals surface area contributed by atoms with Gasteiger partial charge in [-0.05, 0) is 48.0 Å². The number of hydrogen-bond acceptors (Lipinski definition) is 5. The quantitative estimate of drug-likeness (QED) is 0.324. The highest BCUT2D eigenvalue weighted by atomic mass is 32.2. The summed E-state index contributed by atoms with van der Waals surface area (Å²) in [5, 5.41) is 13.3. The summed E-state index contributed by atoms with van der Waals surface area (Å²) in [6.07, 6.45) is 2.61. The first-order chi connectivity index (χ1) is 14.7. The summed E-state index contributed by atoms with van der Waals surface area (Å²) in [5.74, 6) is -1.21. The number of sulfonamides is 1. The van der Waals surface area contributed by atoms with Crippen LogP contribution in [-0.4, -0.2) is 19.2 Å². The van der Waals surface area contributed by atoms with Gasteiger partial charge in [-0.15, -0.1) is 0 Å². The van der Waals surface area contributed by atoms with Crippen LogP contribution in [0.2, 0.25) is 0 Å². The van der Waals surface area contributed by atoms with Gasteiger partial charge in [-0.3, -0.25) is 19.6 Å². The second-order valence-corrected chi connectivity index (χ2v) is 7.97. The maximum Gasteiger partial charge on any atom is 0.270 e. The summed E-state index contributed by atoms with van der Waals surface area (Å²) >= 11 is 0. The Morgan fingerprint density at radius 3 is 2.39 bits per heavy atom. The molecule has 3 aromatic carbocycles. The van der Waals surface area contributed by atoms with E-state index in [0.717, 1.165) is 6.07 Å². The van der Waals surface area contributed by atoms with Crippen molar-refractivity contribution in [2.45, 2.75) is 4.90 Å². The Labute approximate surface area is 177 Å². The van der Waals surface area contributed by atoms with E-state index in [1.54, 1.807) is 6.07 Å². The van der Waals surface area contributed by atoms with E-state index in [1.807, 2.05) is 0 Å². The molecule has 0 fully saturated rings. The highest BCUT2D eigenvalue weighted by molar-refractivity contribution is 7.92. The number of amides is 1. The third-order valence-electron chi connectivity index (χ3n) is 4.06. The van der Waals surface area contributed by atoms with Gasteiger partial charge in [-0.2, -0.15) is 0 Å². The van der Waals surface area contributed by atoms with Crippen LogP contribution in [0.1, 0.15) is 5.56 Å². The first-order valence-corrected chi connectivity index (χ1v) is 10.3. The molecule has 31 heavy (non-hydrogen) atoms. The molecule has 0 heterocycles. The van der Waals surface area contributed by atoms with E-state index < -0.39 is 26.7 Å². The number of non-ortho nitro benzene ring substituents is 1. The van der Waals surface area contributed by atoms with Crippen LogP contribution in [0, 0.1) is 15.9 Å². The molecule has 3 aromatic rings. The molecule has 2 N–H and O–H groups in total. The van der Waals surface area contributed by atoms with Crippen LogP contribution in [-0.2, 0) is 14.8 Å². The summed E-state index contributed by atoms with van der Waals surface area (Å²) in [6, 6.07) is 16.5. The largest absolute Gasteiger partial charge is 0.323 e. The minimum absolute atomic E-state index is 0.0941. The monoisotopic (exact) mass is 441 g/mol. The number of carbonyl (C=O) groups excluding carboxylic acids is 1. The number of nitrogens with zero attached hydrogens (tertiary/aromatic N) is 1. The van der Waals surface area contributed by atoms with Gasteiger partial charge in [-0.1, -0.05) is 24.3 Å². The van der Waals surface area contributed by atoms with Crippen molar-refractivity contribution in [1.82, 2.24) is 0 Å². The molecule has 0 atom stereocenters. The fourth-order valence-electron chi connectivity index (χ4n) is 2.56. The van der Waals surface area contributed by atoms with Crippen molar-refractivity contribution in [2.24, 2.45) is 0 Å². The Morgan fingerprint density at radius 1 is 1.00 bits per heavy atom. The lowest BCUT2D eigenvalue weighted by Gasteiger charge is -2.09. The van der Waals surface area contributed by atoms with Crippen LogP contribution in [0.25, 0.3) is 6.08 Å². The molecule has 0 aliphatic carbocycles. The van der Waals surface area contributed by atoms with Crippen molar-refractivity contribution in [3.63, 3.8) is 0 Å². The minimum atomic E-state index is -4.01. The van der Waals surface area contributed by atoms with Gasteiger partial charge in [0.2, 0.25) is 5.91 Å². The molecule has 0 spiro atoms. The summed E-state index contributed by atoms with van der Waals surface area (Å²) in [6.45, 7) is 0. The molecule has 158 valence electrons. The number of para-hydroxylation sites is 1. The number of carbonyl (C=O) groups is 1. The molecule has 0 bridgehead atoms. The van der Waals surface area contributed by atoms with Gasteiger partial charge in [0, 0.05) is 23.9 Å². The van der Waals surface area contributed by atoms with E-state index in [9.17, 15) is 27.7 Å². The zero-order valence-electron chi connectivity index (χ0n) is 15.9. The van der Waals surface area contributed by atoms with E-state index >= 15 is 0 Å². The van der Waals surface area contributed by atoms with Gasteiger partial charge in [0.25, 0.3) is 15.7 Å². The number of anilines is 2. The van der Waals surface area contributed by atoms with Crippen LogP contribution < -0.4 is 10.0 Å². The Kier molecular flexibility index (Phi) is 6.41. The van der Waals surface area contributed by atoms with Crippen molar-refractivity contribution >= 4 is 39.1 Å². The Bertz CT molecular complexity index is 1260. The smallest absolute Gasteiger partial charge is 0.270 e. The summed E-state index contributed by atoms with van der Waals surface area (Å²) in [5.41, 5.74) is 0.540. The van der Waals surface area contributed by atoms with Gasteiger partial charge >= 0.3 is 0 Å². The lowest BCUT2D eigenvalue weighted by atomic mass is 10.2. The average Bonchev–Trinajstić information content (AvgIpc) is 2.74. The molecule has 0 unspecified atom stereocenters. The lowest BCUT2D eigenvalue weighted by molar-refractivity contribution is -0.384. The highest BCUT2D eigenvalue weighted by Crippen LogP contribution is 2.20.